The highest BCUT2D eigenvalue weighted by Gasteiger charge is 2.12. The molecule has 0 aliphatic carbocycles. The molecule has 0 spiro atoms. The van der Waals surface area contributed by atoms with Crippen molar-refractivity contribution < 1.29 is 0 Å². The van der Waals surface area contributed by atoms with Gasteiger partial charge in [-0.2, -0.15) is 0 Å². The maximum atomic E-state index is 6.21. The molecule has 3 nitrogen and oxygen atoms in total. The topological polar surface area (TPSA) is 41.6 Å². The zero-order valence-corrected chi connectivity index (χ0v) is 12.2. The van der Waals surface area contributed by atoms with Crippen molar-refractivity contribution in [2.75, 3.05) is 0 Å². The van der Waals surface area contributed by atoms with Gasteiger partial charge in [0, 0.05) is 28.5 Å². The maximum absolute atomic E-state index is 6.21. The number of aromatic nitrogens is 3. The predicted molar refractivity (Wildman–Crippen MR) is 82.0 cm³/mol. The minimum Gasteiger partial charge on any atom is -0.338 e. The molecule has 0 fully saturated rings. The van der Waals surface area contributed by atoms with E-state index in [4.69, 9.17) is 23.2 Å². The molecular weight excluding hydrogens is 293 g/mol. The van der Waals surface area contributed by atoms with Crippen LogP contribution in [0.15, 0.2) is 42.7 Å². The fraction of sp³-hybridized carbons (Fsp3) is 0.0667. The van der Waals surface area contributed by atoms with E-state index >= 15 is 0 Å². The van der Waals surface area contributed by atoms with Gasteiger partial charge < -0.3 is 4.98 Å². The van der Waals surface area contributed by atoms with Crippen LogP contribution in [0.2, 0.25) is 10.0 Å². The summed E-state index contributed by atoms with van der Waals surface area (Å²) in [5.74, 6) is 0.725. The lowest BCUT2D eigenvalue weighted by Gasteiger charge is -2.01. The van der Waals surface area contributed by atoms with E-state index in [1.54, 1.807) is 24.5 Å². The summed E-state index contributed by atoms with van der Waals surface area (Å²) in [4.78, 5) is 12.0. The molecule has 0 saturated carbocycles. The molecule has 1 aromatic carbocycles. The Morgan fingerprint density at radius 3 is 2.70 bits per heavy atom. The smallest absolute Gasteiger partial charge is 0.139 e. The summed E-state index contributed by atoms with van der Waals surface area (Å²) in [5, 5.41) is 1.18. The van der Waals surface area contributed by atoms with Gasteiger partial charge >= 0.3 is 0 Å². The molecule has 0 bridgehead atoms. The predicted octanol–water partition coefficient (Wildman–Crippen LogP) is 4.75. The number of benzene rings is 1. The van der Waals surface area contributed by atoms with Crippen LogP contribution in [0.4, 0.5) is 0 Å². The van der Waals surface area contributed by atoms with E-state index in [9.17, 15) is 0 Å². The van der Waals surface area contributed by atoms with Gasteiger partial charge in [-0.25, -0.2) is 4.98 Å². The lowest BCUT2D eigenvalue weighted by molar-refractivity contribution is 1.25. The number of halogens is 2. The first kappa shape index (κ1) is 13.2. The average molecular weight is 304 g/mol. The van der Waals surface area contributed by atoms with Crippen molar-refractivity contribution in [3.05, 3.63) is 58.5 Å². The van der Waals surface area contributed by atoms with Gasteiger partial charge in [0.2, 0.25) is 0 Å². The lowest BCUT2D eigenvalue weighted by atomic mass is 10.2. The summed E-state index contributed by atoms with van der Waals surface area (Å²) in [6, 6.07) is 9.24. The van der Waals surface area contributed by atoms with E-state index in [1.165, 1.54) is 0 Å². The van der Waals surface area contributed by atoms with E-state index < -0.39 is 0 Å². The van der Waals surface area contributed by atoms with Crippen molar-refractivity contribution in [1.82, 2.24) is 15.0 Å². The highest BCUT2D eigenvalue weighted by molar-refractivity contribution is 6.36. The van der Waals surface area contributed by atoms with Crippen LogP contribution < -0.4 is 0 Å². The van der Waals surface area contributed by atoms with E-state index in [1.807, 2.05) is 25.1 Å². The molecule has 100 valence electrons. The van der Waals surface area contributed by atoms with Crippen LogP contribution in [-0.4, -0.2) is 15.0 Å². The van der Waals surface area contributed by atoms with Crippen molar-refractivity contribution in [3.8, 4) is 22.6 Å². The average Bonchev–Trinajstić information content (AvgIpc) is 2.81. The fourth-order valence-electron chi connectivity index (χ4n) is 2.06. The lowest BCUT2D eigenvalue weighted by Crippen LogP contribution is -1.83. The third-order valence-electron chi connectivity index (χ3n) is 3.02. The zero-order chi connectivity index (χ0) is 14.1. The van der Waals surface area contributed by atoms with Gasteiger partial charge in [-0.3, -0.25) is 4.98 Å². The van der Waals surface area contributed by atoms with Crippen LogP contribution in [0.3, 0.4) is 0 Å². The fourth-order valence-corrected chi connectivity index (χ4v) is 2.56. The summed E-state index contributed by atoms with van der Waals surface area (Å²) < 4.78 is 0. The van der Waals surface area contributed by atoms with E-state index in [0.29, 0.717) is 10.0 Å². The monoisotopic (exact) mass is 303 g/mol. The second-order valence-electron chi connectivity index (χ2n) is 4.41. The molecule has 0 aliphatic rings. The van der Waals surface area contributed by atoms with Crippen LogP contribution in [0.5, 0.6) is 0 Å². The zero-order valence-electron chi connectivity index (χ0n) is 10.7. The Balaban J connectivity index is 2.09. The SMILES string of the molecule is Cc1nc(-c2ccc(Cl)cc2Cl)[nH]c1-c1cccnc1. The van der Waals surface area contributed by atoms with Gasteiger partial charge in [-0.15, -0.1) is 0 Å². The van der Waals surface area contributed by atoms with E-state index in [2.05, 4.69) is 15.0 Å². The molecular formula is C15H11Cl2N3. The minimum atomic E-state index is 0.573. The van der Waals surface area contributed by atoms with Crippen molar-refractivity contribution in [2.45, 2.75) is 6.92 Å². The number of hydrogen-bond acceptors (Lipinski definition) is 2. The summed E-state index contributed by atoms with van der Waals surface area (Å²) >= 11 is 12.1. The summed E-state index contributed by atoms with van der Waals surface area (Å²) in [6.07, 6.45) is 3.54. The van der Waals surface area contributed by atoms with Crippen LogP contribution >= 0.6 is 23.2 Å². The normalized spacial score (nSPS) is 10.8. The Bertz CT molecular complexity index is 751. The molecule has 0 aliphatic heterocycles. The molecule has 1 N–H and O–H groups in total. The molecule has 20 heavy (non-hydrogen) atoms. The Kier molecular flexibility index (Phi) is 3.47. The van der Waals surface area contributed by atoms with Gasteiger partial charge in [0.25, 0.3) is 0 Å². The molecule has 0 saturated heterocycles. The second kappa shape index (κ2) is 5.27. The quantitative estimate of drug-likeness (QED) is 0.742. The standard InChI is InChI=1S/C15H11Cl2N3/c1-9-14(10-3-2-6-18-8-10)20-15(19-9)12-5-4-11(16)7-13(12)17/h2-8H,1H3,(H,19,20). The molecule has 0 amide bonds. The summed E-state index contributed by atoms with van der Waals surface area (Å²) in [7, 11) is 0. The first-order chi connectivity index (χ1) is 9.65. The van der Waals surface area contributed by atoms with Gasteiger partial charge in [0.15, 0.2) is 0 Å². The number of nitrogens with zero attached hydrogens (tertiary/aromatic N) is 2. The molecule has 0 unspecified atom stereocenters. The highest BCUT2D eigenvalue weighted by Crippen LogP contribution is 2.31. The number of hydrogen-bond donors (Lipinski definition) is 1. The van der Waals surface area contributed by atoms with E-state index in [0.717, 1.165) is 28.3 Å². The van der Waals surface area contributed by atoms with Crippen LogP contribution in [0, 0.1) is 6.92 Å². The van der Waals surface area contributed by atoms with Crippen LogP contribution in [-0.2, 0) is 0 Å². The van der Waals surface area contributed by atoms with E-state index in [-0.39, 0.29) is 0 Å². The Hall–Kier alpha value is -1.84. The van der Waals surface area contributed by atoms with Crippen molar-refractivity contribution >= 4 is 23.2 Å². The number of rotatable bonds is 2. The summed E-state index contributed by atoms with van der Waals surface area (Å²) in [6.45, 7) is 1.95. The third-order valence-corrected chi connectivity index (χ3v) is 3.57. The summed E-state index contributed by atoms with van der Waals surface area (Å²) in [5.41, 5.74) is 3.67. The van der Waals surface area contributed by atoms with Crippen molar-refractivity contribution in [2.24, 2.45) is 0 Å². The second-order valence-corrected chi connectivity index (χ2v) is 5.26. The largest absolute Gasteiger partial charge is 0.338 e. The number of nitrogens with one attached hydrogen (secondary N) is 1. The van der Waals surface area contributed by atoms with Gasteiger partial charge in [-0.1, -0.05) is 23.2 Å². The number of aryl methyl sites for hydroxylation is 1. The molecule has 2 aromatic heterocycles. The maximum Gasteiger partial charge on any atom is 0.139 e. The Labute approximate surface area is 126 Å². The Morgan fingerprint density at radius 1 is 1.15 bits per heavy atom. The molecule has 2 heterocycles. The number of aromatic amines is 1. The first-order valence-electron chi connectivity index (χ1n) is 6.07. The number of H-pyrrole nitrogens is 1. The van der Waals surface area contributed by atoms with Gasteiger partial charge in [0.05, 0.1) is 16.4 Å². The molecule has 5 heteroatoms. The van der Waals surface area contributed by atoms with Crippen molar-refractivity contribution in [3.63, 3.8) is 0 Å². The minimum absolute atomic E-state index is 0.573. The number of imidazole rings is 1. The number of pyridine rings is 1. The van der Waals surface area contributed by atoms with Gasteiger partial charge in [0.1, 0.15) is 5.82 Å². The molecule has 0 radical (unpaired) electrons. The first-order valence-corrected chi connectivity index (χ1v) is 6.83. The molecule has 0 atom stereocenters. The molecule has 3 rings (SSSR count). The van der Waals surface area contributed by atoms with Crippen LogP contribution in [0.25, 0.3) is 22.6 Å². The van der Waals surface area contributed by atoms with Crippen molar-refractivity contribution in [1.29, 1.82) is 0 Å². The Morgan fingerprint density at radius 2 is 2.00 bits per heavy atom. The highest BCUT2D eigenvalue weighted by atomic mass is 35.5. The van der Waals surface area contributed by atoms with Gasteiger partial charge in [-0.05, 0) is 37.3 Å². The third kappa shape index (κ3) is 2.42. The van der Waals surface area contributed by atoms with Crippen LogP contribution in [0.1, 0.15) is 5.69 Å². The molecule has 3 aromatic rings.